The number of urea groups is 1. The fourth-order valence-corrected chi connectivity index (χ4v) is 4.62. The number of fused-ring (bicyclic) bond motifs is 1. The van der Waals surface area contributed by atoms with Gasteiger partial charge in [0.25, 0.3) is 5.91 Å². The lowest BCUT2D eigenvalue weighted by atomic mass is 10.1. The molecule has 1 fully saturated rings. The van der Waals surface area contributed by atoms with E-state index in [9.17, 15) is 9.59 Å². The summed E-state index contributed by atoms with van der Waals surface area (Å²) < 4.78 is 7.68. The molecule has 2 aromatic carbocycles. The fourth-order valence-electron chi connectivity index (χ4n) is 4.62. The van der Waals surface area contributed by atoms with Crippen molar-refractivity contribution in [3.8, 4) is 0 Å². The summed E-state index contributed by atoms with van der Waals surface area (Å²) in [5, 5.41) is 3.85. The smallest absolute Gasteiger partial charge is 0.322 e. The molecule has 3 heterocycles. The molecule has 0 saturated carbocycles. The van der Waals surface area contributed by atoms with Crippen LogP contribution in [0.2, 0.25) is 0 Å². The minimum Gasteiger partial charge on any atom is -0.448 e. The van der Waals surface area contributed by atoms with Crippen molar-refractivity contribution in [1.29, 1.82) is 0 Å². The Morgan fingerprint density at radius 1 is 1.03 bits per heavy atom. The minimum absolute atomic E-state index is 0.0472. The molecule has 4 aromatic rings. The van der Waals surface area contributed by atoms with E-state index in [0.717, 1.165) is 16.6 Å². The molecule has 1 aliphatic heterocycles. The average molecular weight is 457 g/mol. The van der Waals surface area contributed by atoms with Crippen LogP contribution in [0.3, 0.4) is 0 Å². The Morgan fingerprint density at radius 3 is 2.62 bits per heavy atom. The van der Waals surface area contributed by atoms with Crippen LogP contribution in [0, 0.1) is 6.92 Å². The molecule has 0 aliphatic carbocycles. The molecule has 7 nitrogen and oxygen atoms in total. The Hall–Kier alpha value is -4.00. The lowest BCUT2D eigenvalue weighted by Crippen LogP contribution is -2.56. The molecule has 1 N–H and O–H groups in total. The molecule has 1 atom stereocenters. The number of benzene rings is 2. The van der Waals surface area contributed by atoms with Gasteiger partial charge in [0, 0.05) is 36.7 Å². The summed E-state index contributed by atoms with van der Waals surface area (Å²) >= 11 is 0. The highest BCUT2D eigenvalue weighted by molar-refractivity contribution is 5.98. The molecule has 34 heavy (non-hydrogen) atoms. The minimum atomic E-state index is -0.147. The van der Waals surface area contributed by atoms with Crippen molar-refractivity contribution >= 4 is 28.7 Å². The van der Waals surface area contributed by atoms with E-state index >= 15 is 0 Å². The average Bonchev–Trinajstić information content (AvgIpc) is 3.42. The van der Waals surface area contributed by atoms with Gasteiger partial charge in [0.15, 0.2) is 0 Å². The van der Waals surface area contributed by atoms with E-state index in [2.05, 4.69) is 30.4 Å². The third kappa shape index (κ3) is 4.29. The normalized spacial score (nSPS) is 16.1. The van der Waals surface area contributed by atoms with Crippen LogP contribution in [0.4, 0.5) is 10.5 Å². The second-order valence-corrected chi connectivity index (χ2v) is 8.88. The maximum absolute atomic E-state index is 13.6. The number of carbonyl (C=O) groups is 2. The number of carbonyl (C=O) groups excluding carboxylic acids is 2. The summed E-state index contributed by atoms with van der Waals surface area (Å²) in [6.45, 7) is 6.00. The molecule has 3 amide bonds. The van der Waals surface area contributed by atoms with Gasteiger partial charge in [-0.1, -0.05) is 48.0 Å². The van der Waals surface area contributed by atoms with Crippen LogP contribution < -0.4 is 5.32 Å². The lowest BCUT2D eigenvalue weighted by Gasteiger charge is -2.39. The molecule has 7 heteroatoms. The second kappa shape index (κ2) is 9.09. The third-order valence-electron chi connectivity index (χ3n) is 6.35. The molecule has 1 unspecified atom stereocenters. The summed E-state index contributed by atoms with van der Waals surface area (Å²) in [6, 6.07) is 21.2. The Kier molecular flexibility index (Phi) is 5.84. The number of aryl methyl sites for hydroxylation is 1. The molecule has 0 bridgehead atoms. The summed E-state index contributed by atoms with van der Waals surface area (Å²) in [5.41, 5.74) is 4.34. The first-order valence-electron chi connectivity index (χ1n) is 11.5. The summed E-state index contributed by atoms with van der Waals surface area (Å²) in [5.74, 6) is -0.0472. The predicted octanol–water partition coefficient (Wildman–Crippen LogP) is 4.97. The SMILES string of the molecule is Cc1cccc(Cn2c(C(=O)N3CCN(C(=O)Nc4ccccc4)C(C)C3)cc3ccoc32)c1. The van der Waals surface area contributed by atoms with Crippen LogP contribution in [-0.2, 0) is 6.54 Å². The number of nitrogens with zero attached hydrogens (tertiary/aromatic N) is 3. The van der Waals surface area contributed by atoms with Crippen molar-refractivity contribution in [1.82, 2.24) is 14.4 Å². The molecular weight excluding hydrogens is 428 g/mol. The van der Waals surface area contributed by atoms with Crippen molar-refractivity contribution in [3.63, 3.8) is 0 Å². The first-order valence-corrected chi connectivity index (χ1v) is 11.5. The Balaban J connectivity index is 1.33. The highest BCUT2D eigenvalue weighted by Crippen LogP contribution is 2.25. The number of amides is 3. The van der Waals surface area contributed by atoms with Gasteiger partial charge in [-0.15, -0.1) is 0 Å². The maximum Gasteiger partial charge on any atom is 0.322 e. The van der Waals surface area contributed by atoms with E-state index in [1.54, 1.807) is 11.2 Å². The van der Waals surface area contributed by atoms with Crippen LogP contribution in [0.5, 0.6) is 0 Å². The van der Waals surface area contributed by atoms with Gasteiger partial charge < -0.3 is 24.1 Å². The van der Waals surface area contributed by atoms with Crippen molar-refractivity contribution < 1.29 is 14.0 Å². The van der Waals surface area contributed by atoms with Gasteiger partial charge in [0.05, 0.1) is 12.8 Å². The molecule has 0 radical (unpaired) electrons. The molecule has 1 saturated heterocycles. The predicted molar refractivity (Wildman–Crippen MR) is 132 cm³/mol. The van der Waals surface area contributed by atoms with Crippen LogP contribution >= 0.6 is 0 Å². The van der Waals surface area contributed by atoms with Gasteiger partial charge in [-0.25, -0.2) is 4.79 Å². The van der Waals surface area contributed by atoms with E-state index in [4.69, 9.17) is 4.42 Å². The quantitative estimate of drug-likeness (QED) is 0.471. The molecule has 0 spiro atoms. The highest BCUT2D eigenvalue weighted by Gasteiger charge is 2.32. The number of nitrogens with one attached hydrogen (secondary N) is 1. The number of piperazine rings is 1. The number of rotatable bonds is 4. The van der Waals surface area contributed by atoms with E-state index in [1.807, 2.05) is 64.9 Å². The van der Waals surface area contributed by atoms with Gasteiger partial charge in [-0.05, 0) is 43.7 Å². The zero-order valence-electron chi connectivity index (χ0n) is 19.4. The monoisotopic (exact) mass is 456 g/mol. The molecule has 174 valence electrons. The Morgan fingerprint density at radius 2 is 1.85 bits per heavy atom. The Labute approximate surface area is 198 Å². The van der Waals surface area contributed by atoms with Gasteiger partial charge in [-0.3, -0.25) is 4.79 Å². The summed E-state index contributed by atoms with van der Waals surface area (Å²) in [7, 11) is 0. The molecular formula is C27H28N4O3. The van der Waals surface area contributed by atoms with Crippen LogP contribution in [0.25, 0.3) is 11.1 Å². The zero-order valence-corrected chi connectivity index (χ0v) is 19.4. The van der Waals surface area contributed by atoms with Gasteiger partial charge in [-0.2, -0.15) is 0 Å². The number of anilines is 1. The summed E-state index contributed by atoms with van der Waals surface area (Å²) in [6.07, 6.45) is 1.65. The molecule has 1 aliphatic rings. The van der Waals surface area contributed by atoms with Crippen molar-refractivity contribution in [2.45, 2.75) is 26.4 Å². The first kappa shape index (κ1) is 21.8. The van der Waals surface area contributed by atoms with Gasteiger partial charge in [0.2, 0.25) is 5.71 Å². The standard InChI is InChI=1S/C27H28N4O3/c1-19-7-6-8-21(15-19)18-31-24(16-22-11-14-34-26(22)31)25(32)29-12-13-30(20(2)17-29)27(33)28-23-9-4-3-5-10-23/h3-11,14-16,20H,12-13,17-18H2,1-2H3,(H,28,33). The lowest BCUT2D eigenvalue weighted by molar-refractivity contribution is 0.0582. The second-order valence-electron chi connectivity index (χ2n) is 8.88. The van der Waals surface area contributed by atoms with Crippen LogP contribution in [-0.4, -0.2) is 52.0 Å². The summed E-state index contributed by atoms with van der Waals surface area (Å²) in [4.78, 5) is 30.0. The van der Waals surface area contributed by atoms with Crippen LogP contribution in [0.15, 0.2) is 77.4 Å². The number of hydrogen-bond donors (Lipinski definition) is 1. The van der Waals surface area contributed by atoms with E-state index in [0.29, 0.717) is 37.6 Å². The van der Waals surface area contributed by atoms with E-state index in [1.165, 1.54) is 5.56 Å². The topological polar surface area (TPSA) is 70.7 Å². The molecule has 2 aromatic heterocycles. The zero-order chi connectivity index (χ0) is 23.7. The number of hydrogen-bond acceptors (Lipinski definition) is 3. The number of aromatic nitrogens is 1. The van der Waals surface area contributed by atoms with Crippen molar-refractivity contribution in [2.24, 2.45) is 0 Å². The third-order valence-corrected chi connectivity index (χ3v) is 6.35. The van der Waals surface area contributed by atoms with E-state index < -0.39 is 0 Å². The van der Waals surface area contributed by atoms with Gasteiger partial charge >= 0.3 is 6.03 Å². The fraction of sp³-hybridized carbons (Fsp3) is 0.259. The van der Waals surface area contributed by atoms with Crippen molar-refractivity contribution in [3.05, 3.63) is 89.8 Å². The van der Waals surface area contributed by atoms with E-state index in [-0.39, 0.29) is 18.0 Å². The Bertz CT molecular complexity index is 1320. The maximum atomic E-state index is 13.6. The van der Waals surface area contributed by atoms with Gasteiger partial charge in [0.1, 0.15) is 5.69 Å². The highest BCUT2D eigenvalue weighted by atomic mass is 16.3. The largest absolute Gasteiger partial charge is 0.448 e. The first-order chi connectivity index (χ1) is 16.5. The van der Waals surface area contributed by atoms with Crippen LogP contribution in [0.1, 0.15) is 28.5 Å². The molecule has 5 rings (SSSR count). The number of furan rings is 1. The van der Waals surface area contributed by atoms with Crippen molar-refractivity contribution in [2.75, 3.05) is 25.0 Å². The number of para-hydroxylation sites is 1.